The summed E-state index contributed by atoms with van der Waals surface area (Å²) < 4.78 is 0. The third-order valence-corrected chi connectivity index (χ3v) is 3.89. The number of aromatic nitrogens is 1. The summed E-state index contributed by atoms with van der Waals surface area (Å²) in [6.07, 6.45) is 0. The Morgan fingerprint density at radius 2 is 1.48 bits per heavy atom. The van der Waals surface area contributed by atoms with Crippen molar-refractivity contribution in [2.75, 3.05) is 29.5 Å². The van der Waals surface area contributed by atoms with Crippen LogP contribution in [-0.2, 0) is 0 Å². The number of nitrogens with two attached hydrogens (primary N) is 2. The lowest BCUT2D eigenvalue weighted by Crippen LogP contribution is -2.23. The molecule has 0 spiro atoms. The first kappa shape index (κ1) is 13.5. The van der Waals surface area contributed by atoms with Gasteiger partial charge in [0, 0.05) is 35.2 Å². The molecular weight excluding hydrogens is 260 g/mol. The number of nitrogen functional groups attached to an aromatic ring is 2. The van der Waals surface area contributed by atoms with Gasteiger partial charge in [0.25, 0.3) is 0 Å². The van der Waals surface area contributed by atoms with Crippen LogP contribution in [0.1, 0.15) is 13.8 Å². The Balaban J connectivity index is 2.44. The Labute approximate surface area is 124 Å². The molecule has 21 heavy (non-hydrogen) atoms. The number of hydrogen-bond donors (Lipinski definition) is 2. The van der Waals surface area contributed by atoms with Crippen LogP contribution in [0.3, 0.4) is 0 Å². The summed E-state index contributed by atoms with van der Waals surface area (Å²) in [7, 11) is 0. The maximum absolute atomic E-state index is 5.98. The highest BCUT2D eigenvalue weighted by Gasteiger charge is 2.13. The number of pyridine rings is 1. The smallest absolute Gasteiger partial charge is 0.137 e. The molecule has 0 atom stereocenters. The third kappa shape index (κ3) is 2.23. The predicted octanol–water partition coefficient (Wildman–Crippen LogP) is 3.40. The van der Waals surface area contributed by atoms with Gasteiger partial charge in [0.1, 0.15) is 5.82 Å². The molecule has 3 rings (SSSR count). The van der Waals surface area contributed by atoms with E-state index in [2.05, 4.69) is 24.8 Å². The monoisotopic (exact) mass is 280 g/mol. The first-order valence-corrected chi connectivity index (χ1v) is 7.27. The summed E-state index contributed by atoms with van der Waals surface area (Å²) in [6, 6.07) is 11.9. The molecule has 4 N–H and O–H groups in total. The number of benzene rings is 2. The Bertz CT molecular complexity index is 807. The molecule has 108 valence electrons. The minimum Gasteiger partial charge on any atom is -0.399 e. The molecule has 0 amide bonds. The van der Waals surface area contributed by atoms with E-state index < -0.39 is 0 Å². The standard InChI is InChI=1S/C17H20N4/c1-3-21(4-2)17-15-9-11(18)5-7-13(15)14-8-6-12(19)10-16(14)20-17/h5-10H,3-4,18-19H2,1-2H3. The highest BCUT2D eigenvalue weighted by Crippen LogP contribution is 2.33. The fraction of sp³-hybridized carbons (Fsp3) is 0.235. The molecule has 0 radical (unpaired) electrons. The van der Waals surface area contributed by atoms with Gasteiger partial charge >= 0.3 is 0 Å². The van der Waals surface area contributed by atoms with E-state index >= 15 is 0 Å². The molecular formula is C17H20N4. The van der Waals surface area contributed by atoms with Gasteiger partial charge in [0.05, 0.1) is 5.52 Å². The van der Waals surface area contributed by atoms with Gasteiger partial charge in [-0.25, -0.2) is 4.98 Å². The van der Waals surface area contributed by atoms with Crippen molar-refractivity contribution in [3.63, 3.8) is 0 Å². The molecule has 0 aliphatic heterocycles. The van der Waals surface area contributed by atoms with Gasteiger partial charge in [0.2, 0.25) is 0 Å². The van der Waals surface area contributed by atoms with Crippen molar-refractivity contribution in [1.82, 2.24) is 4.98 Å². The van der Waals surface area contributed by atoms with Gasteiger partial charge in [-0.2, -0.15) is 0 Å². The third-order valence-electron chi connectivity index (χ3n) is 3.89. The average Bonchev–Trinajstić information content (AvgIpc) is 2.48. The van der Waals surface area contributed by atoms with Crippen LogP contribution in [0.2, 0.25) is 0 Å². The summed E-state index contributed by atoms with van der Waals surface area (Å²) in [5.74, 6) is 0.973. The largest absolute Gasteiger partial charge is 0.399 e. The minimum atomic E-state index is 0.732. The maximum atomic E-state index is 5.98. The molecule has 3 aromatic rings. The summed E-state index contributed by atoms with van der Waals surface area (Å²) in [4.78, 5) is 7.08. The van der Waals surface area contributed by atoms with E-state index in [0.29, 0.717) is 0 Å². The SMILES string of the molecule is CCN(CC)c1nc2cc(N)ccc2c2ccc(N)cc12. The second-order valence-electron chi connectivity index (χ2n) is 5.19. The van der Waals surface area contributed by atoms with Gasteiger partial charge in [-0.05, 0) is 43.5 Å². The van der Waals surface area contributed by atoms with Crippen molar-refractivity contribution in [3.8, 4) is 0 Å². The number of hydrogen-bond acceptors (Lipinski definition) is 4. The van der Waals surface area contributed by atoms with E-state index in [1.54, 1.807) is 0 Å². The lowest BCUT2D eigenvalue weighted by Gasteiger charge is -2.22. The van der Waals surface area contributed by atoms with Crippen LogP contribution in [0, 0.1) is 0 Å². The van der Waals surface area contributed by atoms with Gasteiger partial charge < -0.3 is 16.4 Å². The zero-order valence-electron chi connectivity index (χ0n) is 12.4. The first-order chi connectivity index (χ1) is 10.1. The Hall–Kier alpha value is -2.49. The number of fused-ring (bicyclic) bond motifs is 3. The Morgan fingerprint density at radius 3 is 2.14 bits per heavy atom. The molecule has 0 fully saturated rings. The molecule has 0 unspecified atom stereocenters. The van der Waals surface area contributed by atoms with Crippen molar-refractivity contribution < 1.29 is 0 Å². The molecule has 2 aromatic carbocycles. The van der Waals surface area contributed by atoms with E-state index in [0.717, 1.165) is 52.0 Å². The fourth-order valence-electron chi connectivity index (χ4n) is 2.79. The molecule has 4 nitrogen and oxygen atoms in total. The van der Waals surface area contributed by atoms with Crippen LogP contribution in [-0.4, -0.2) is 18.1 Å². The summed E-state index contributed by atoms with van der Waals surface area (Å²) >= 11 is 0. The molecule has 0 aliphatic rings. The van der Waals surface area contributed by atoms with E-state index in [1.165, 1.54) is 0 Å². The molecule has 0 saturated heterocycles. The highest BCUT2D eigenvalue weighted by molar-refractivity contribution is 6.11. The second kappa shape index (κ2) is 5.13. The topological polar surface area (TPSA) is 68.2 Å². The van der Waals surface area contributed by atoms with Crippen molar-refractivity contribution in [1.29, 1.82) is 0 Å². The lowest BCUT2D eigenvalue weighted by molar-refractivity contribution is 0.855. The summed E-state index contributed by atoms with van der Waals surface area (Å²) in [6.45, 7) is 6.07. The van der Waals surface area contributed by atoms with Gasteiger partial charge in [-0.1, -0.05) is 12.1 Å². The van der Waals surface area contributed by atoms with Crippen molar-refractivity contribution >= 4 is 38.9 Å². The van der Waals surface area contributed by atoms with Gasteiger partial charge in [-0.15, -0.1) is 0 Å². The van der Waals surface area contributed by atoms with Gasteiger partial charge in [0.15, 0.2) is 0 Å². The van der Waals surface area contributed by atoms with E-state index in [4.69, 9.17) is 16.5 Å². The Kier molecular flexibility index (Phi) is 3.29. The van der Waals surface area contributed by atoms with E-state index in [9.17, 15) is 0 Å². The van der Waals surface area contributed by atoms with Crippen LogP contribution in [0.25, 0.3) is 21.7 Å². The summed E-state index contributed by atoms with van der Waals surface area (Å²) in [5, 5.41) is 3.36. The van der Waals surface area contributed by atoms with Crippen molar-refractivity contribution in [3.05, 3.63) is 36.4 Å². The van der Waals surface area contributed by atoms with E-state index in [-0.39, 0.29) is 0 Å². The number of anilines is 3. The quantitative estimate of drug-likeness (QED) is 0.570. The fourth-order valence-corrected chi connectivity index (χ4v) is 2.79. The zero-order chi connectivity index (χ0) is 15.0. The summed E-state index contributed by atoms with van der Waals surface area (Å²) in [5.41, 5.74) is 14.3. The Morgan fingerprint density at radius 1 is 0.857 bits per heavy atom. The number of rotatable bonds is 3. The van der Waals surface area contributed by atoms with Crippen LogP contribution in [0.4, 0.5) is 17.2 Å². The normalized spacial score (nSPS) is 11.1. The van der Waals surface area contributed by atoms with Crippen molar-refractivity contribution in [2.45, 2.75) is 13.8 Å². The number of nitrogens with zero attached hydrogens (tertiary/aromatic N) is 2. The molecule has 0 saturated carbocycles. The van der Waals surface area contributed by atoms with E-state index in [1.807, 2.05) is 30.3 Å². The molecule has 4 heteroatoms. The van der Waals surface area contributed by atoms with Crippen LogP contribution in [0.15, 0.2) is 36.4 Å². The molecule has 0 bridgehead atoms. The first-order valence-electron chi connectivity index (χ1n) is 7.27. The molecule has 1 aromatic heterocycles. The van der Waals surface area contributed by atoms with Crippen LogP contribution >= 0.6 is 0 Å². The predicted molar refractivity (Wildman–Crippen MR) is 91.6 cm³/mol. The van der Waals surface area contributed by atoms with Crippen LogP contribution < -0.4 is 16.4 Å². The molecule has 1 heterocycles. The minimum absolute atomic E-state index is 0.732. The van der Waals surface area contributed by atoms with Gasteiger partial charge in [-0.3, -0.25) is 0 Å². The average molecular weight is 280 g/mol. The maximum Gasteiger partial charge on any atom is 0.137 e. The zero-order valence-corrected chi connectivity index (χ0v) is 12.4. The van der Waals surface area contributed by atoms with Crippen molar-refractivity contribution in [2.24, 2.45) is 0 Å². The second-order valence-corrected chi connectivity index (χ2v) is 5.19. The molecule has 0 aliphatic carbocycles. The van der Waals surface area contributed by atoms with Crippen LogP contribution in [0.5, 0.6) is 0 Å². The highest BCUT2D eigenvalue weighted by atomic mass is 15.2. The lowest BCUT2D eigenvalue weighted by atomic mass is 10.0.